The molecule has 1 aliphatic rings. The van der Waals surface area contributed by atoms with Gasteiger partial charge in [-0.1, -0.05) is 47.2 Å². The van der Waals surface area contributed by atoms with Crippen LogP contribution in [-0.2, 0) is 37.5 Å². The average molecular weight is 435 g/mol. The van der Waals surface area contributed by atoms with E-state index in [2.05, 4.69) is 28.7 Å². The van der Waals surface area contributed by atoms with Gasteiger partial charge in [-0.25, -0.2) is 6.08 Å². The molecule has 0 aromatic heterocycles. The minimum Gasteiger partial charge on any atom is -0.350 e. The van der Waals surface area contributed by atoms with Crippen LogP contribution in [0, 0.1) is 6.08 Å². The van der Waals surface area contributed by atoms with Crippen LogP contribution >= 0.6 is 34.2 Å². The van der Waals surface area contributed by atoms with Crippen molar-refractivity contribution in [2.75, 3.05) is 7.05 Å². The van der Waals surface area contributed by atoms with Crippen LogP contribution in [0.15, 0.2) is 24.3 Å². The van der Waals surface area contributed by atoms with E-state index >= 15 is 0 Å². The van der Waals surface area contributed by atoms with Crippen LogP contribution in [0.2, 0.25) is 5.02 Å². The summed E-state index contributed by atoms with van der Waals surface area (Å²) in [7, 11) is 1.76. The molecule has 0 bridgehead atoms. The molecule has 2 rings (SSSR count). The van der Waals surface area contributed by atoms with Crippen molar-refractivity contribution in [1.29, 1.82) is 0 Å². The summed E-state index contributed by atoms with van der Waals surface area (Å²) >= 11 is 8.24. The van der Waals surface area contributed by atoms with Crippen LogP contribution in [0.4, 0.5) is 0 Å². The molecule has 0 N–H and O–H groups in total. The second-order valence-electron chi connectivity index (χ2n) is 3.57. The van der Waals surface area contributed by atoms with E-state index in [-0.39, 0.29) is 42.5 Å². The number of amides is 1. The largest absolute Gasteiger partial charge is 0.350 e. The van der Waals surface area contributed by atoms with Crippen LogP contribution in [0.3, 0.4) is 0 Å². The van der Waals surface area contributed by atoms with Gasteiger partial charge >= 0.3 is 0 Å². The maximum absolute atomic E-state index is 11.8. The molecule has 1 aliphatic heterocycles. The molecule has 1 unspecified atom stereocenters. The van der Waals surface area contributed by atoms with Gasteiger partial charge in [0.25, 0.3) is 0 Å². The summed E-state index contributed by atoms with van der Waals surface area (Å²) in [6.45, 7) is 0. The Morgan fingerprint density at radius 3 is 2.76 bits per heavy atom. The van der Waals surface area contributed by atoms with Gasteiger partial charge in [0, 0.05) is 39.8 Å². The summed E-state index contributed by atoms with van der Waals surface area (Å²) in [6, 6.07) is 7.50. The summed E-state index contributed by atoms with van der Waals surface area (Å²) < 4.78 is -0.0196. The van der Waals surface area contributed by atoms with Gasteiger partial charge in [-0.15, -0.1) is 28.9 Å². The molecule has 0 aliphatic carbocycles. The molecule has 1 aromatic rings. The number of hydrogen-bond acceptors (Lipinski definition) is 1. The molecule has 1 radical (unpaired) electrons. The summed E-state index contributed by atoms with van der Waals surface area (Å²) in [5.74, 6) is 0.106. The predicted molar refractivity (Wildman–Crippen MR) is 73.3 cm³/mol. The van der Waals surface area contributed by atoms with E-state index in [9.17, 15) is 4.79 Å². The fraction of sp³-hybridized carbons (Fsp3) is 0.250. The third-order valence-corrected chi connectivity index (χ3v) is 3.81. The first-order chi connectivity index (χ1) is 7.61. The molecule has 1 amide bonds. The molecule has 5 heteroatoms. The third-order valence-electron chi connectivity index (χ3n) is 2.51. The first kappa shape index (κ1) is 15.6. The van der Waals surface area contributed by atoms with Crippen molar-refractivity contribution in [3.63, 3.8) is 0 Å². The molecule has 87 valence electrons. The van der Waals surface area contributed by atoms with Crippen molar-refractivity contribution >= 4 is 45.8 Å². The Labute approximate surface area is 145 Å². The van der Waals surface area contributed by atoms with Gasteiger partial charge in [0.05, 0.1) is 3.92 Å². The van der Waals surface area contributed by atoms with Crippen LogP contribution in [0.25, 0.3) is 5.70 Å². The summed E-state index contributed by atoms with van der Waals surface area (Å²) in [4.78, 5) is 13.5. The van der Waals surface area contributed by atoms with E-state index in [1.54, 1.807) is 11.9 Å². The first-order valence-electron chi connectivity index (χ1n) is 4.88. The molecule has 0 fully saturated rings. The van der Waals surface area contributed by atoms with Crippen molar-refractivity contribution in [1.82, 2.24) is 4.90 Å². The Morgan fingerprint density at radius 2 is 2.12 bits per heavy atom. The molecule has 0 saturated carbocycles. The molecule has 2 nitrogen and oxygen atoms in total. The molecule has 1 aromatic carbocycles. The maximum atomic E-state index is 11.8. The van der Waals surface area contributed by atoms with Gasteiger partial charge in [0.15, 0.2) is 0 Å². The number of halogens is 2. The number of nitrogens with zero attached hydrogens (tertiary/aromatic N) is 1. The monoisotopic (exact) mass is 435 g/mol. The normalized spacial score (nSPS) is 19.7. The van der Waals surface area contributed by atoms with E-state index < -0.39 is 0 Å². The zero-order valence-corrected chi connectivity index (χ0v) is 15.0. The maximum Gasteiger partial charge on any atom is 0.235 e. The quantitative estimate of drug-likeness (QED) is 0.377. The summed E-state index contributed by atoms with van der Waals surface area (Å²) in [6.07, 6.45) is 3.88. The number of alkyl halides is 1. The van der Waals surface area contributed by atoms with E-state index in [1.807, 2.05) is 24.3 Å². The topological polar surface area (TPSA) is 20.3 Å². The van der Waals surface area contributed by atoms with Crippen LogP contribution < -0.4 is 0 Å². The molecule has 0 spiro atoms. The van der Waals surface area contributed by atoms with E-state index in [4.69, 9.17) is 11.6 Å². The molecule has 17 heavy (non-hydrogen) atoms. The number of carbonyl (C=O) groups is 1. The van der Waals surface area contributed by atoms with Crippen molar-refractivity contribution in [2.24, 2.45) is 0 Å². The molecular formula is C12H10ClINOY-. The number of allylic oxidation sites excluding steroid dienone is 1. The Hall–Kier alpha value is 0.554. The minimum atomic E-state index is -0.0196. The smallest absolute Gasteiger partial charge is 0.235 e. The van der Waals surface area contributed by atoms with Crippen molar-refractivity contribution in [3.8, 4) is 0 Å². The second kappa shape index (κ2) is 6.64. The predicted octanol–water partition coefficient (Wildman–Crippen LogP) is 3.15. The second-order valence-corrected chi connectivity index (χ2v) is 5.48. The Bertz CT molecular complexity index is 464. The molecule has 0 saturated heterocycles. The van der Waals surface area contributed by atoms with Crippen molar-refractivity contribution < 1.29 is 37.5 Å². The van der Waals surface area contributed by atoms with Crippen LogP contribution in [0.1, 0.15) is 12.0 Å². The average Bonchev–Trinajstić information content (AvgIpc) is 2.28. The van der Waals surface area contributed by atoms with Crippen LogP contribution in [0.5, 0.6) is 0 Å². The van der Waals surface area contributed by atoms with Gasteiger partial charge in [-0.05, 0) is 5.02 Å². The van der Waals surface area contributed by atoms with E-state index in [1.165, 1.54) is 0 Å². The minimum absolute atomic E-state index is 0. The standard InChI is InChI=1S/C12H10ClINO.Y/c1-15-11(7-6-10(14)12(15)16)8-4-2-3-5-9(8)13;/h2-5,10H,6H2,1H3;/q-1;. The number of benzene rings is 1. The van der Waals surface area contributed by atoms with Gasteiger partial charge < -0.3 is 4.90 Å². The SMILES string of the molecule is CN1C(=O)C(I)C[C-]=C1c1ccccc1Cl.[Y]. The molecule has 1 heterocycles. The van der Waals surface area contributed by atoms with Gasteiger partial charge in [-0.2, -0.15) is 0 Å². The van der Waals surface area contributed by atoms with Crippen molar-refractivity contribution in [3.05, 3.63) is 40.9 Å². The molecular weight excluding hydrogens is 425 g/mol. The van der Waals surface area contributed by atoms with E-state index in [0.717, 1.165) is 11.3 Å². The summed E-state index contributed by atoms with van der Waals surface area (Å²) in [5, 5.41) is 0.650. The number of rotatable bonds is 1. The Kier molecular flexibility index (Phi) is 6.10. The van der Waals surface area contributed by atoms with Gasteiger partial charge in [0.1, 0.15) is 0 Å². The van der Waals surface area contributed by atoms with E-state index in [0.29, 0.717) is 11.4 Å². The molecule has 1 atom stereocenters. The zero-order chi connectivity index (χ0) is 11.7. The fourth-order valence-electron chi connectivity index (χ4n) is 1.64. The van der Waals surface area contributed by atoms with Crippen LogP contribution in [-0.4, -0.2) is 21.8 Å². The Balaban J connectivity index is 0.00000144. The third kappa shape index (κ3) is 3.31. The first-order valence-corrected chi connectivity index (χ1v) is 6.51. The van der Waals surface area contributed by atoms with Gasteiger partial charge in [-0.3, -0.25) is 4.79 Å². The Morgan fingerprint density at radius 1 is 1.47 bits per heavy atom. The van der Waals surface area contributed by atoms with Crippen molar-refractivity contribution in [2.45, 2.75) is 10.3 Å². The van der Waals surface area contributed by atoms with Gasteiger partial charge in [0.2, 0.25) is 5.91 Å². The number of hydrogen-bond donors (Lipinski definition) is 0. The number of carbonyl (C=O) groups excluding carboxylic acids is 1. The fourth-order valence-corrected chi connectivity index (χ4v) is 2.50. The summed E-state index contributed by atoms with van der Waals surface area (Å²) in [5.41, 5.74) is 1.65. The zero-order valence-electron chi connectivity index (χ0n) is 9.28.